The Kier molecular flexibility index (Phi) is 6.99. The van der Waals surface area contributed by atoms with Crippen molar-refractivity contribution in [3.8, 4) is 0 Å². The first-order valence-corrected chi connectivity index (χ1v) is 12.5. The number of rotatable bonds is 7. The molecule has 34 heavy (non-hydrogen) atoms. The standard InChI is InChI=1S/C24H37F2N5O3/c1-23(2,3)20(31-14-18(28-29-31)15-7-8-15)22(34)30-13-17(32)12-19(30)21(33)27-11-9-16-6-4-5-10-24(16,25)26/h14-17,19-20,32H,4-13H2,1-3H3,(H,27,33)/t16?,17-,19+,20-/m1/s1. The number of aliphatic hydroxyl groups excluding tert-OH is 1. The molecule has 1 unspecified atom stereocenters. The molecule has 1 aromatic rings. The number of halogens is 2. The normalized spacial score (nSPS) is 28.1. The van der Waals surface area contributed by atoms with Crippen molar-refractivity contribution in [2.24, 2.45) is 11.3 Å². The number of nitrogens with one attached hydrogen (secondary N) is 1. The van der Waals surface area contributed by atoms with Crippen LogP contribution in [0.5, 0.6) is 0 Å². The molecular weight excluding hydrogens is 444 g/mol. The van der Waals surface area contributed by atoms with Gasteiger partial charge in [-0.15, -0.1) is 5.10 Å². The van der Waals surface area contributed by atoms with E-state index in [-0.39, 0.29) is 38.3 Å². The van der Waals surface area contributed by atoms with E-state index in [1.165, 1.54) is 4.90 Å². The maximum absolute atomic E-state index is 14.1. The van der Waals surface area contributed by atoms with E-state index in [0.29, 0.717) is 18.8 Å². The third-order valence-corrected chi connectivity index (χ3v) is 7.41. The summed E-state index contributed by atoms with van der Waals surface area (Å²) >= 11 is 0. The van der Waals surface area contributed by atoms with Gasteiger partial charge in [-0.3, -0.25) is 9.59 Å². The molecule has 2 heterocycles. The van der Waals surface area contributed by atoms with Crippen molar-refractivity contribution in [1.82, 2.24) is 25.2 Å². The van der Waals surface area contributed by atoms with Crippen molar-refractivity contribution in [2.75, 3.05) is 13.1 Å². The molecule has 10 heteroatoms. The molecule has 0 radical (unpaired) electrons. The molecule has 3 fully saturated rings. The number of aliphatic hydroxyl groups is 1. The smallest absolute Gasteiger partial charge is 0.251 e. The second kappa shape index (κ2) is 9.51. The summed E-state index contributed by atoms with van der Waals surface area (Å²) in [5, 5.41) is 21.5. The molecule has 190 valence electrons. The largest absolute Gasteiger partial charge is 0.391 e. The average molecular weight is 482 g/mol. The Morgan fingerprint density at radius 2 is 2.00 bits per heavy atom. The third-order valence-electron chi connectivity index (χ3n) is 7.41. The lowest BCUT2D eigenvalue weighted by atomic mass is 9.83. The van der Waals surface area contributed by atoms with Gasteiger partial charge < -0.3 is 15.3 Å². The summed E-state index contributed by atoms with van der Waals surface area (Å²) in [7, 11) is 0. The van der Waals surface area contributed by atoms with Crippen LogP contribution >= 0.6 is 0 Å². The zero-order chi connectivity index (χ0) is 24.7. The van der Waals surface area contributed by atoms with E-state index in [2.05, 4.69) is 15.6 Å². The molecule has 0 spiro atoms. The number of hydrogen-bond donors (Lipinski definition) is 2. The van der Waals surface area contributed by atoms with Gasteiger partial charge in [-0.2, -0.15) is 0 Å². The number of amides is 2. The van der Waals surface area contributed by atoms with Crippen LogP contribution in [0.1, 0.15) is 89.8 Å². The zero-order valence-electron chi connectivity index (χ0n) is 20.3. The molecule has 1 aliphatic heterocycles. The Morgan fingerprint density at radius 3 is 2.65 bits per heavy atom. The Labute approximate surface area is 199 Å². The molecule has 0 aromatic carbocycles. The summed E-state index contributed by atoms with van der Waals surface area (Å²) in [6, 6.07) is -1.53. The van der Waals surface area contributed by atoms with Gasteiger partial charge in [0.05, 0.1) is 11.8 Å². The Morgan fingerprint density at radius 1 is 1.26 bits per heavy atom. The van der Waals surface area contributed by atoms with Crippen LogP contribution in [-0.4, -0.2) is 68.0 Å². The molecule has 3 aliphatic rings. The van der Waals surface area contributed by atoms with Crippen LogP contribution in [0.15, 0.2) is 6.20 Å². The number of β-amino-alcohol motifs (C(OH)–C–C–N with tert-alkyl or cyclic N) is 1. The van der Waals surface area contributed by atoms with Gasteiger partial charge in [0.1, 0.15) is 12.1 Å². The first-order valence-electron chi connectivity index (χ1n) is 12.5. The van der Waals surface area contributed by atoms with Gasteiger partial charge >= 0.3 is 0 Å². The second-order valence-electron chi connectivity index (χ2n) is 11.3. The number of alkyl halides is 2. The van der Waals surface area contributed by atoms with Crippen molar-refractivity contribution >= 4 is 11.8 Å². The van der Waals surface area contributed by atoms with Crippen molar-refractivity contribution in [1.29, 1.82) is 0 Å². The van der Waals surface area contributed by atoms with Gasteiger partial charge in [0.15, 0.2) is 0 Å². The summed E-state index contributed by atoms with van der Waals surface area (Å²) in [6.45, 7) is 5.97. The van der Waals surface area contributed by atoms with Crippen LogP contribution < -0.4 is 5.32 Å². The molecule has 2 saturated carbocycles. The summed E-state index contributed by atoms with van der Waals surface area (Å²) in [6.07, 6.45) is 5.15. The van der Waals surface area contributed by atoms with Crippen molar-refractivity contribution in [3.05, 3.63) is 11.9 Å². The molecule has 2 amide bonds. The number of likely N-dealkylation sites (tertiary alicyclic amines) is 1. The fourth-order valence-corrected chi connectivity index (χ4v) is 5.34. The minimum atomic E-state index is -2.69. The lowest BCUT2D eigenvalue weighted by molar-refractivity contribution is -0.144. The lowest BCUT2D eigenvalue weighted by Crippen LogP contribution is -2.50. The quantitative estimate of drug-likeness (QED) is 0.624. The average Bonchev–Trinajstić information content (AvgIpc) is 3.35. The van der Waals surface area contributed by atoms with E-state index < -0.39 is 41.4 Å². The minimum absolute atomic E-state index is 0.0500. The summed E-state index contributed by atoms with van der Waals surface area (Å²) in [5.41, 5.74) is 0.365. The van der Waals surface area contributed by atoms with Gasteiger partial charge in [0, 0.05) is 44.0 Å². The van der Waals surface area contributed by atoms with E-state index in [1.54, 1.807) is 4.68 Å². The molecule has 1 aromatic heterocycles. The lowest BCUT2D eigenvalue weighted by Gasteiger charge is -2.34. The fraction of sp³-hybridized carbons (Fsp3) is 0.833. The van der Waals surface area contributed by atoms with Gasteiger partial charge in [0.2, 0.25) is 11.8 Å². The van der Waals surface area contributed by atoms with Gasteiger partial charge in [-0.05, 0) is 37.5 Å². The first-order chi connectivity index (χ1) is 16.0. The number of carbonyl (C=O) groups excluding carboxylic acids is 2. The number of carbonyl (C=O) groups is 2. The van der Waals surface area contributed by atoms with Crippen LogP contribution in [0.2, 0.25) is 0 Å². The fourth-order valence-electron chi connectivity index (χ4n) is 5.34. The SMILES string of the molecule is CC(C)(C)[C@@H](C(=O)N1C[C@H](O)C[C@H]1C(=O)NCCC1CCCCC1(F)F)n1cc(C2CC2)nn1. The molecule has 1 saturated heterocycles. The highest BCUT2D eigenvalue weighted by molar-refractivity contribution is 5.90. The van der Waals surface area contributed by atoms with E-state index in [1.807, 2.05) is 27.0 Å². The zero-order valence-corrected chi connectivity index (χ0v) is 20.3. The van der Waals surface area contributed by atoms with Crippen LogP contribution in [0.3, 0.4) is 0 Å². The molecular formula is C24H37F2N5O3. The van der Waals surface area contributed by atoms with Crippen molar-refractivity contribution < 1.29 is 23.5 Å². The molecule has 2 aliphatic carbocycles. The number of aromatic nitrogens is 3. The highest BCUT2D eigenvalue weighted by atomic mass is 19.3. The van der Waals surface area contributed by atoms with Crippen LogP contribution in [0.4, 0.5) is 8.78 Å². The Hall–Kier alpha value is -2.10. The second-order valence-corrected chi connectivity index (χ2v) is 11.3. The summed E-state index contributed by atoms with van der Waals surface area (Å²) < 4.78 is 29.8. The summed E-state index contributed by atoms with van der Waals surface area (Å²) in [4.78, 5) is 28.1. The Balaban J connectivity index is 1.43. The number of nitrogens with zero attached hydrogens (tertiary/aromatic N) is 4. The topological polar surface area (TPSA) is 100 Å². The molecule has 8 nitrogen and oxygen atoms in total. The highest BCUT2D eigenvalue weighted by Gasteiger charge is 2.46. The monoisotopic (exact) mass is 481 g/mol. The maximum Gasteiger partial charge on any atom is 0.251 e. The van der Waals surface area contributed by atoms with Crippen LogP contribution in [-0.2, 0) is 9.59 Å². The maximum atomic E-state index is 14.1. The number of hydrogen-bond acceptors (Lipinski definition) is 5. The van der Waals surface area contributed by atoms with E-state index in [0.717, 1.165) is 25.0 Å². The minimum Gasteiger partial charge on any atom is -0.391 e. The van der Waals surface area contributed by atoms with E-state index in [9.17, 15) is 23.5 Å². The highest BCUT2D eigenvalue weighted by Crippen LogP contribution is 2.41. The van der Waals surface area contributed by atoms with Gasteiger partial charge in [0.25, 0.3) is 5.92 Å². The first kappa shape index (κ1) is 25.0. The predicted molar refractivity (Wildman–Crippen MR) is 121 cm³/mol. The predicted octanol–water partition coefficient (Wildman–Crippen LogP) is 3.04. The van der Waals surface area contributed by atoms with Crippen molar-refractivity contribution in [2.45, 2.75) is 102 Å². The van der Waals surface area contributed by atoms with Gasteiger partial charge in [-0.25, -0.2) is 13.5 Å². The van der Waals surface area contributed by atoms with Crippen molar-refractivity contribution in [3.63, 3.8) is 0 Å². The molecule has 4 rings (SSSR count). The summed E-state index contributed by atoms with van der Waals surface area (Å²) in [5.74, 6) is -3.73. The third kappa shape index (κ3) is 5.42. The van der Waals surface area contributed by atoms with Gasteiger partial charge in [-0.1, -0.05) is 32.4 Å². The Bertz CT molecular complexity index is 895. The van der Waals surface area contributed by atoms with Crippen LogP contribution in [0, 0.1) is 11.3 Å². The molecule has 0 bridgehead atoms. The van der Waals surface area contributed by atoms with E-state index in [4.69, 9.17) is 0 Å². The van der Waals surface area contributed by atoms with Crippen LogP contribution in [0.25, 0.3) is 0 Å². The molecule has 4 atom stereocenters. The van der Waals surface area contributed by atoms with E-state index >= 15 is 0 Å². The molecule has 2 N–H and O–H groups in total.